The molecule has 4 aromatic rings. The summed E-state index contributed by atoms with van der Waals surface area (Å²) in [5.41, 5.74) is 1.92. The van der Waals surface area contributed by atoms with Crippen molar-refractivity contribution in [1.29, 1.82) is 0 Å². The molecular weight excluding hydrogens is 450 g/mol. The molecule has 0 saturated carbocycles. The minimum Gasteiger partial charge on any atom is -0.341 e. The van der Waals surface area contributed by atoms with Gasteiger partial charge in [0.15, 0.2) is 10.6 Å². The lowest BCUT2D eigenvalue weighted by atomic mass is 9.97. The molecule has 3 heterocycles. The Morgan fingerprint density at radius 1 is 1.16 bits per heavy atom. The van der Waals surface area contributed by atoms with Crippen molar-refractivity contribution >= 4 is 51.3 Å². The van der Waals surface area contributed by atoms with Crippen LogP contribution in [0.4, 0.5) is 0 Å². The first-order chi connectivity index (χ1) is 15.1. The van der Waals surface area contributed by atoms with Gasteiger partial charge < -0.3 is 4.90 Å². The molecule has 1 aliphatic heterocycles. The van der Waals surface area contributed by atoms with Crippen molar-refractivity contribution in [2.75, 3.05) is 13.1 Å². The van der Waals surface area contributed by atoms with Gasteiger partial charge in [-0.2, -0.15) is 5.10 Å². The molecule has 2 aromatic heterocycles. The van der Waals surface area contributed by atoms with Crippen molar-refractivity contribution in [3.8, 4) is 11.4 Å². The number of H-pyrrole nitrogens is 1. The van der Waals surface area contributed by atoms with Crippen LogP contribution >= 0.6 is 35.2 Å². The third-order valence-electron chi connectivity index (χ3n) is 5.66. The standard InChI is InChI=1S/C22H20ClN5OS2/c23-16-7-5-14(6-8-16)20-25-26-22(30)28(20)13-19(29)27-11-9-15(10-12-27)21-24-17-3-1-2-4-18(17)31-21/h1-8,15H,9-13H2,(H,26,30). The molecule has 0 atom stereocenters. The van der Waals surface area contributed by atoms with Crippen molar-refractivity contribution in [2.45, 2.75) is 25.3 Å². The Morgan fingerprint density at radius 3 is 2.65 bits per heavy atom. The van der Waals surface area contributed by atoms with Gasteiger partial charge in [-0.25, -0.2) is 4.98 Å². The Labute approximate surface area is 193 Å². The van der Waals surface area contributed by atoms with E-state index in [0.29, 0.717) is 21.5 Å². The number of hydrogen-bond acceptors (Lipinski definition) is 5. The smallest absolute Gasteiger partial charge is 0.242 e. The van der Waals surface area contributed by atoms with Crippen molar-refractivity contribution in [3.05, 3.63) is 63.3 Å². The predicted molar refractivity (Wildman–Crippen MR) is 126 cm³/mol. The van der Waals surface area contributed by atoms with E-state index in [0.717, 1.165) is 37.0 Å². The molecule has 6 nitrogen and oxygen atoms in total. The van der Waals surface area contributed by atoms with Crippen LogP contribution in [0.1, 0.15) is 23.8 Å². The number of rotatable bonds is 4. The molecule has 9 heteroatoms. The average molecular weight is 470 g/mol. The lowest BCUT2D eigenvalue weighted by molar-refractivity contribution is -0.132. The molecule has 0 unspecified atom stereocenters. The SMILES string of the molecule is O=C(Cn1c(-c2ccc(Cl)cc2)n[nH]c1=S)N1CCC(c2nc3ccccc3s2)CC1. The Hall–Kier alpha value is -2.55. The largest absolute Gasteiger partial charge is 0.341 e. The molecule has 1 aliphatic rings. The van der Waals surface area contributed by atoms with E-state index in [-0.39, 0.29) is 12.5 Å². The molecule has 1 amide bonds. The molecule has 1 fully saturated rings. The molecule has 0 aliphatic carbocycles. The molecule has 0 bridgehead atoms. The summed E-state index contributed by atoms with van der Waals surface area (Å²) in [4.78, 5) is 19.7. The van der Waals surface area contributed by atoms with E-state index in [1.54, 1.807) is 28.0 Å². The molecule has 5 rings (SSSR count). The van der Waals surface area contributed by atoms with Gasteiger partial charge in [-0.15, -0.1) is 11.3 Å². The number of aromatic amines is 1. The highest BCUT2D eigenvalue weighted by atomic mass is 35.5. The topological polar surface area (TPSA) is 66.8 Å². The number of fused-ring (bicyclic) bond motifs is 1. The molecular formula is C22H20ClN5OS2. The summed E-state index contributed by atoms with van der Waals surface area (Å²) in [6, 6.07) is 15.6. The van der Waals surface area contributed by atoms with E-state index in [2.05, 4.69) is 22.3 Å². The van der Waals surface area contributed by atoms with Crippen LogP contribution in [-0.4, -0.2) is 43.6 Å². The second kappa shape index (κ2) is 8.53. The number of likely N-dealkylation sites (tertiary alicyclic amines) is 1. The number of thiazole rings is 1. The van der Waals surface area contributed by atoms with Crippen LogP contribution in [0, 0.1) is 4.77 Å². The van der Waals surface area contributed by atoms with Crippen LogP contribution < -0.4 is 0 Å². The zero-order valence-corrected chi connectivity index (χ0v) is 19.0. The van der Waals surface area contributed by atoms with Crippen molar-refractivity contribution < 1.29 is 4.79 Å². The number of piperidine rings is 1. The summed E-state index contributed by atoms with van der Waals surface area (Å²) in [6.45, 7) is 1.61. The Kier molecular flexibility index (Phi) is 5.60. The minimum atomic E-state index is 0.0514. The first-order valence-electron chi connectivity index (χ1n) is 10.1. The summed E-state index contributed by atoms with van der Waals surface area (Å²) < 4.78 is 3.41. The zero-order valence-electron chi connectivity index (χ0n) is 16.6. The van der Waals surface area contributed by atoms with Gasteiger partial charge in [0.1, 0.15) is 6.54 Å². The number of carbonyl (C=O) groups is 1. The number of hydrogen-bond donors (Lipinski definition) is 1. The second-order valence-corrected chi connectivity index (χ2v) is 9.51. The van der Waals surface area contributed by atoms with E-state index >= 15 is 0 Å². The molecule has 1 saturated heterocycles. The third-order valence-corrected chi connectivity index (χ3v) is 7.42. The van der Waals surface area contributed by atoms with Gasteiger partial charge in [-0.1, -0.05) is 23.7 Å². The number of para-hydroxylation sites is 1. The van der Waals surface area contributed by atoms with Gasteiger partial charge in [0.25, 0.3) is 0 Å². The zero-order chi connectivity index (χ0) is 21.4. The van der Waals surface area contributed by atoms with Gasteiger partial charge >= 0.3 is 0 Å². The second-order valence-electron chi connectivity index (χ2n) is 7.62. The lowest BCUT2D eigenvalue weighted by Crippen LogP contribution is -2.39. The van der Waals surface area contributed by atoms with Gasteiger partial charge in [-0.05, 0) is 61.5 Å². The van der Waals surface area contributed by atoms with Crippen molar-refractivity contribution in [3.63, 3.8) is 0 Å². The Balaban J connectivity index is 1.27. The number of amides is 1. The highest BCUT2D eigenvalue weighted by Crippen LogP contribution is 2.34. The predicted octanol–water partition coefficient (Wildman–Crippen LogP) is 5.28. The van der Waals surface area contributed by atoms with E-state index in [1.165, 1.54) is 9.71 Å². The maximum atomic E-state index is 13.0. The first-order valence-corrected chi connectivity index (χ1v) is 11.7. The van der Waals surface area contributed by atoms with Crippen LogP contribution in [0.5, 0.6) is 0 Å². The summed E-state index contributed by atoms with van der Waals surface area (Å²) >= 11 is 13.1. The quantitative estimate of drug-likeness (QED) is 0.413. The van der Waals surface area contributed by atoms with Gasteiger partial charge in [-0.3, -0.25) is 14.5 Å². The highest BCUT2D eigenvalue weighted by Gasteiger charge is 2.26. The van der Waals surface area contributed by atoms with Crippen LogP contribution in [0.3, 0.4) is 0 Å². The van der Waals surface area contributed by atoms with Gasteiger partial charge in [0.05, 0.1) is 15.2 Å². The van der Waals surface area contributed by atoms with E-state index < -0.39 is 0 Å². The van der Waals surface area contributed by atoms with Crippen LogP contribution in [0.2, 0.25) is 5.02 Å². The van der Waals surface area contributed by atoms with Gasteiger partial charge in [0.2, 0.25) is 5.91 Å². The molecule has 158 valence electrons. The van der Waals surface area contributed by atoms with E-state index in [9.17, 15) is 4.79 Å². The normalized spacial score (nSPS) is 14.9. The minimum absolute atomic E-state index is 0.0514. The molecule has 31 heavy (non-hydrogen) atoms. The van der Waals surface area contributed by atoms with E-state index in [1.807, 2.05) is 29.2 Å². The number of aromatic nitrogens is 4. The molecule has 1 N–H and O–H groups in total. The molecule has 2 aromatic carbocycles. The summed E-state index contributed by atoms with van der Waals surface area (Å²) in [5, 5.41) is 8.94. The number of benzene rings is 2. The number of halogens is 1. The maximum absolute atomic E-state index is 13.0. The monoisotopic (exact) mass is 469 g/mol. The summed E-state index contributed by atoms with van der Waals surface area (Å²) in [6.07, 6.45) is 1.85. The fraction of sp³-hybridized carbons (Fsp3) is 0.273. The molecule has 0 spiro atoms. The Morgan fingerprint density at radius 2 is 1.90 bits per heavy atom. The maximum Gasteiger partial charge on any atom is 0.242 e. The Bertz CT molecular complexity index is 1250. The fourth-order valence-corrected chi connectivity index (χ4v) is 5.42. The highest BCUT2D eigenvalue weighted by molar-refractivity contribution is 7.71. The lowest BCUT2D eigenvalue weighted by Gasteiger charge is -2.31. The third kappa shape index (κ3) is 4.15. The number of carbonyl (C=O) groups excluding carboxylic acids is 1. The number of nitrogens with one attached hydrogen (secondary N) is 1. The average Bonchev–Trinajstić information content (AvgIpc) is 3.38. The number of nitrogens with zero attached hydrogens (tertiary/aromatic N) is 4. The molecule has 0 radical (unpaired) electrons. The van der Waals surface area contributed by atoms with Crippen molar-refractivity contribution in [2.24, 2.45) is 0 Å². The first kappa shape index (κ1) is 20.4. The van der Waals surface area contributed by atoms with Gasteiger partial charge in [0, 0.05) is 29.6 Å². The van der Waals surface area contributed by atoms with Crippen LogP contribution in [0.25, 0.3) is 21.6 Å². The fourth-order valence-electron chi connectivity index (χ4n) is 3.96. The van der Waals surface area contributed by atoms with Crippen molar-refractivity contribution in [1.82, 2.24) is 24.6 Å². The van der Waals surface area contributed by atoms with Crippen LogP contribution in [-0.2, 0) is 11.3 Å². The van der Waals surface area contributed by atoms with E-state index in [4.69, 9.17) is 28.8 Å². The van der Waals surface area contributed by atoms with Crippen LogP contribution in [0.15, 0.2) is 48.5 Å². The summed E-state index contributed by atoms with van der Waals surface area (Å²) in [5.74, 6) is 1.09. The summed E-state index contributed by atoms with van der Waals surface area (Å²) in [7, 11) is 0.